The Bertz CT molecular complexity index is 141. The van der Waals surface area contributed by atoms with Crippen LogP contribution in [0.15, 0.2) is 0 Å². The van der Waals surface area contributed by atoms with Crippen molar-refractivity contribution in [3.05, 3.63) is 0 Å². The van der Waals surface area contributed by atoms with Gasteiger partial charge in [-0.05, 0) is 19.4 Å². The van der Waals surface area contributed by atoms with E-state index >= 15 is 0 Å². The van der Waals surface area contributed by atoms with Crippen LogP contribution in [0.5, 0.6) is 0 Å². The van der Waals surface area contributed by atoms with Gasteiger partial charge in [0.1, 0.15) is 0 Å². The molecule has 3 nitrogen and oxygen atoms in total. The van der Waals surface area contributed by atoms with E-state index in [0.29, 0.717) is 13.0 Å². The van der Waals surface area contributed by atoms with Crippen molar-refractivity contribution in [2.45, 2.75) is 32.2 Å². The molecule has 0 saturated carbocycles. The van der Waals surface area contributed by atoms with Crippen LogP contribution in [0.1, 0.15) is 19.8 Å². The zero-order valence-electron chi connectivity index (χ0n) is 7.02. The molecule has 12 heavy (non-hydrogen) atoms. The summed E-state index contributed by atoms with van der Waals surface area (Å²) in [6, 6.07) is -1.05. The Morgan fingerprint density at radius 3 is 2.50 bits per heavy atom. The summed E-state index contributed by atoms with van der Waals surface area (Å²) in [7, 11) is 0. The lowest BCUT2D eigenvalue weighted by Crippen LogP contribution is -2.38. The molecule has 0 rings (SSSR count). The number of nitrogens with two attached hydrogens (primary N) is 1. The fraction of sp³-hybridized carbons (Fsp3) is 0.857. The number of hydrogen-bond acceptors (Lipinski definition) is 2. The van der Waals surface area contributed by atoms with Crippen LogP contribution < -0.4 is 11.1 Å². The third kappa shape index (κ3) is 5.01. The maximum atomic E-state index is 12.1. The van der Waals surface area contributed by atoms with Crippen LogP contribution in [0.2, 0.25) is 0 Å². The van der Waals surface area contributed by atoms with Crippen LogP contribution in [-0.4, -0.2) is 24.9 Å². The largest absolute Gasteiger partial charge is 0.348 e. The molecule has 5 heteroatoms. The lowest BCUT2D eigenvalue weighted by atomic mass is 10.1. The maximum absolute atomic E-state index is 12.1. The van der Waals surface area contributed by atoms with Crippen molar-refractivity contribution in [1.82, 2.24) is 5.32 Å². The highest BCUT2D eigenvalue weighted by molar-refractivity contribution is 5.73. The third-order valence-corrected chi connectivity index (χ3v) is 1.41. The number of alkyl halides is 2. The van der Waals surface area contributed by atoms with Crippen molar-refractivity contribution in [1.29, 1.82) is 0 Å². The highest BCUT2D eigenvalue weighted by Crippen LogP contribution is 2.06. The minimum Gasteiger partial charge on any atom is -0.348 e. The molecule has 0 saturated heterocycles. The summed E-state index contributed by atoms with van der Waals surface area (Å²) in [5.74, 6) is -0.433. The first-order chi connectivity index (χ1) is 5.57. The number of halogens is 2. The average molecular weight is 180 g/mol. The monoisotopic (exact) mass is 180 g/mol. The van der Waals surface area contributed by atoms with E-state index in [1.165, 1.54) is 6.92 Å². The summed E-state index contributed by atoms with van der Waals surface area (Å²) < 4.78 is 24.3. The Morgan fingerprint density at radius 1 is 1.58 bits per heavy atom. The van der Waals surface area contributed by atoms with Gasteiger partial charge in [-0.25, -0.2) is 8.78 Å². The predicted octanol–water partition coefficient (Wildman–Crippen LogP) is 0.495. The van der Waals surface area contributed by atoms with Crippen LogP contribution in [0.25, 0.3) is 0 Å². The molecular weight excluding hydrogens is 166 g/mol. The van der Waals surface area contributed by atoms with Gasteiger partial charge in [-0.2, -0.15) is 0 Å². The standard InChI is InChI=1S/C7H14F2N2O/c1-5(12)11-6(7(8)9)3-2-4-10/h6-7H,2-4,10H2,1H3,(H,11,12). The summed E-state index contributed by atoms with van der Waals surface area (Å²) in [6.07, 6.45) is -1.79. The van der Waals surface area contributed by atoms with Crippen molar-refractivity contribution in [2.75, 3.05) is 6.54 Å². The molecule has 72 valence electrons. The fourth-order valence-corrected chi connectivity index (χ4v) is 0.860. The lowest BCUT2D eigenvalue weighted by molar-refractivity contribution is -0.120. The SMILES string of the molecule is CC(=O)NC(CCCN)C(F)F. The fourth-order valence-electron chi connectivity index (χ4n) is 0.860. The highest BCUT2D eigenvalue weighted by Gasteiger charge is 2.19. The van der Waals surface area contributed by atoms with Crippen LogP contribution in [0.3, 0.4) is 0 Å². The quantitative estimate of drug-likeness (QED) is 0.647. The minimum atomic E-state index is -2.51. The van der Waals surface area contributed by atoms with Gasteiger partial charge < -0.3 is 11.1 Å². The van der Waals surface area contributed by atoms with Gasteiger partial charge in [0.2, 0.25) is 5.91 Å². The predicted molar refractivity (Wildman–Crippen MR) is 41.9 cm³/mol. The van der Waals surface area contributed by atoms with E-state index in [1.807, 2.05) is 0 Å². The van der Waals surface area contributed by atoms with Gasteiger partial charge in [0.15, 0.2) is 0 Å². The molecule has 0 aliphatic carbocycles. The van der Waals surface area contributed by atoms with Gasteiger partial charge in [-0.15, -0.1) is 0 Å². The van der Waals surface area contributed by atoms with E-state index in [2.05, 4.69) is 5.32 Å². The Morgan fingerprint density at radius 2 is 2.17 bits per heavy atom. The number of carbonyl (C=O) groups excluding carboxylic acids is 1. The van der Waals surface area contributed by atoms with E-state index in [4.69, 9.17) is 5.73 Å². The summed E-state index contributed by atoms with van der Waals surface area (Å²) >= 11 is 0. The van der Waals surface area contributed by atoms with Gasteiger partial charge in [-0.1, -0.05) is 0 Å². The van der Waals surface area contributed by atoms with Gasteiger partial charge in [0.05, 0.1) is 6.04 Å². The molecule has 0 heterocycles. The molecule has 0 spiro atoms. The van der Waals surface area contributed by atoms with Crippen LogP contribution in [-0.2, 0) is 4.79 Å². The van der Waals surface area contributed by atoms with E-state index < -0.39 is 18.4 Å². The third-order valence-electron chi connectivity index (χ3n) is 1.41. The molecule has 0 aliphatic rings. The Balaban J connectivity index is 3.78. The number of nitrogens with one attached hydrogen (secondary N) is 1. The number of amides is 1. The first kappa shape index (κ1) is 11.3. The normalized spacial score (nSPS) is 13.1. The maximum Gasteiger partial charge on any atom is 0.258 e. The second kappa shape index (κ2) is 5.88. The number of hydrogen-bond donors (Lipinski definition) is 2. The highest BCUT2D eigenvalue weighted by atomic mass is 19.3. The van der Waals surface area contributed by atoms with Crippen molar-refractivity contribution in [3.8, 4) is 0 Å². The molecule has 3 N–H and O–H groups in total. The first-order valence-electron chi connectivity index (χ1n) is 3.83. The first-order valence-corrected chi connectivity index (χ1v) is 3.83. The molecule has 1 atom stereocenters. The molecule has 0 bridgehead atoms. The van der Waals surface area contributed by atoms with Crippen molar-refractivity contribution in [2.24, 2.45) is 5.73 Å². The smallest absolute Gasteiger partial charge is 0.258 e. The van der Waals surface area contributed by atoms with Crippen LogP contribution >= 0.6 is 0 Å². The van der Waals surface area contributed by atoms with Crippen LogP contribution in [0.4, 0.5) is 8.78 Å². The lowest BCUT2D eigenvalue weighted by Gasteiger charge is -2.15. The second-order valence-electron chi connectivity index (χ2n) is 2.57. The summed E-state index contributed by atoms with van der Waals surface area (Å²) in [4.78, 5) is 10.4. The molecule has 0 fully saturated rings. The van der Waals surface area contributed by atoms with Gasteiger partial charge in [0, 0.05) is 6.92 Å². The zero-order chi connectivity index (χ0) is 9.56. The van der Waals surface area contributed by atoms with E-state index in [1.54, 1.807) is 0 Å². The Hall–Kier alpha value is -0.710. The molecule has 0 aromatic rings. The van der Waals surface area contributed by atoms with Gasteiger partial charge >= 0.3 is 0 Å². The van der Waals surface area contributed by atoms with Crippen molar-refractivity contribution < 1.29 is 13.6 Å². The Labute approximate surface area is 70.3 Å². The molecule has 0 radical (unpaired) electrons. The van der Waals surface area contributed by atoms with E-state index in [9.17, 15) is 13.6 Å². The van der Waals surface area contributed by atoms with E-state index in [-0.39, 0.29) is 6.42 Å². The molecule has 1 amide bonds. The molecule has 0 aliphatic heterocycles. The number of carbonyl (C=O) groups is 1. The molecule has 0 aromatic carbocycles. The second-order valence-corrected chi connectivity index (χ2v) is 2.57. The summed E-state index contributed by atoms with van der Waals surface area (Å²) in [6.45, 7) is 1.58. The Kier molecular flexibility index (Phi) is 5.53. The van der Waals surface area contributed by atoms with Crippen molar-refractivity contribution in [3.63, 3.8) is 0 Å². The van der Waals surface area contributed by atoms with Gasteiger partial charge in [-0.3, -0.25) is 4.79 Å². The van der Waals surface area contributed by atoms with E-state index in [0.717, 1.165) is 0 Å². The summed E-state index contributed by atoms with van der Waals surface area (Å²) in [5.41, 5.74) is 5.15. The topological polar surface area (TPSA) is 55.1 Å². The zero-order valence-corrected chi connectivity index (χ0v) is 7.02. The molecule has 1 unspecified atom stereocenters. The number of rotatable bonds is 5. The van der Waals surface area contributed by atoms with Gasteiger partial charge in [0.25, 0.3) is 6.43 Å². The van der Waals surface area contributed by atoms with Crippen LogP contribution in [0, 0.1) is 0 Å². The molecular formula is C7H14F2N2O. The average Bonchev–Trinajstić information content (AvgIpc) is 1.96. The summed E-state index contributed by atoms with van der Waals surface area (Å²) in [5, 5.41) is 2.17. The molecule has 0 aromatic heterocycles. The van der Waals surface area contributed by atoms with Crippen molar-refractivity contribution >= 4 is 5.91 Å². The minimum absolute atomic E-state index is 0.230.